The van der Waals surface area contributed by atoms with Crippen LogP contribution in [0.2, 0.25) is 0 Å². The fourth-order valence-electron chi connectivity index (χ4n) is 1.36. The lowest BCUT2D eigenvalue weighted by Gasteiger charge is -2.04. The maximum atomic E-state index is 11.0. The molecule has 1 rings (SSSR count). The van der Waals surface area contributed by atoms with Gasteiger partial charge in [0.15, 0.2) is 0 Å². The summed E-state index contributed by atoms with van der Waals surface area (Å²) < 4.78 is 0. The minimum atomic E-state index is 0.264. The quantitative estimate of drug-likeness (QED) is 0.772. The van der Waals surface area contributed by atoms with Gasteiger partial charge in [0.2, 0.25) is 0 Å². The predicted octanol–water partition coefficient (Wildman–Crippen LogP) is 2.32. The molecule has 1 aromatic rings. The van der Waals surface area contributed by atoms with Crippen LogP contribution in [0.4, 0.5) is 0 Å². The number of hydrogen-bond acceptors (Lipinski definition) is 2. The van der Waals surface area contributed by atoms with Gasteiger partial charge in [-0.2, -0.15) is 0 Å². The molecular weight excluding hydrogens is 186 g/mol. The Kier molecular flexibility index (Phi) is 5.05. The molecule has 0 aliphatic rings. The monoisotopic (exact) mass is 205 g/mol. The second-order valence-corrected chi connectivity index (χ2v) is 3.67. The molecule has 15 heavy (non-hydrogen) atoms. The standard InChI is InChI=1S/C13H19NO/c1-3-11-5-7-12(8-6-11)9-14-10-13(15)4-2/h5-8,14H,3-4,9-10H2,1-2H3. The first-order chi connectivity index (χ1) is 7.26. The highest BCUT2D eigenvalue weighted by molar-refractivity contribution is 5.80. The molecule has 0 unspecified atom stereocenters. The van der Waals surface area contributed by atoms with Gasteiger partial charge in [-0.15, -0.1) is 0 Å². The molecule has 82 valence electrons. The predicted molar refractivity (Wildman–Crippen MR) is 62.8 cm³/mol. The number of carbonyl (C=O) groups is 1. The van der Waals surface area contributed by atoms with E-state index in [1.807, 2.05) is 6.92 Å². The van der Waals surface area contributed by atoms with Crippen LogP contribution in [0.5, 0.6) is 0 Å². The second-order valence-electron chi connectivity index (χ2n) is 3.67. The van der Waals surface area contributed by atoms with Gasteiger partial charge in [-0.3, -0.25) is 4.79 Å². The molecule has 0 aromatic heterocycles. The van der Waals surface area contributed by atoms with Crippen molar-refractivity contribution in [2.45, 2.75) is 33.2 Å². The van der Waals surface area contributed by atoms with Crippen LogP contribution in [-0.4, -0.2) is 12.3 Å². The number of rotatable bonds is 6. The fourth-order valence-corrected chi connectivity index (χ4v) is 1.36. The molecule has 0 aliphatic heterocycles. The number of carbonyl (C=O) groups excluding carboxylic acids is 1. The molecule has 0 radical (unpaired) electrons. The number of benzene rings is 1. The summed E-state index contributed by atoms with van der Waals surface area (Å²) in [5, 5.41) is 3.14. The third kappa shape index (κ3) is 4.26. The molecule has 0 fully saturated rings. The zero-order chi connectivity index (χ0) is 11.1. The Morgan fingerprint density at radius 3 is 2.27 bits per heavy atom. The summed E-state index contributed by atoms with van der Waals surface area (Å²) in [6.07, 6.45) is 1.68. The molecule has 1 aromatic carbocycles. The normalized spacial score (nSPS) is 10.3. The zero-order valence-electron chi connectivity index (χ0n) is 9.55. The summed E-state index contributed by atoms with van der Waals surface area (Å²) in [4.78, 5) is 11.0. The van der Waals surface area contributed by atoms with Gasteiger partial charge >= 0.3 is 0 Å². The van der Waals surface area contributed by atoms with E-state index < -0.39 is 0 Å². The van der Waals surface area contributed by atoms with Crippen molar-refractivity contribution in [1.82, 2.24) is 5.32 Å². The van der Waals surface area contributed by atoms with Gasteiger partial charge in [0.1, 0.15) is 5.78 Å². The molecule has 0 saturated carbocycles. The van der Waals surface area contributed by atoms with Gasteiger partial charge in [0.25, 0.3) is 0 Å². The summed E-state index contributed by atoms with van der Waals surface area (Å²) >= 11 is 0. The summed E-state index contributed by atoms with van der Waals surface area (Å²) in [7, 11) is 0. The highest BCUT2D eigenvalue weighted by atomic mass is 16.1. The lowest BCUT2D eigenvalue weighted by Crippen LogP contribution is -2.21. The average molecular weight is 205 g/mol. The Balaban J connectivity index is 2.34. The van der Waals surface area contributed by atoms with Crippen molar-refractivity contribution in [3.63, 3.8) is 0 Å². The average Bonchev–Trinajstić information content (AvgIpc) is 2.29. The second kappa shape index (κ2) is 6.36. The van der Waals surface area contributed by atoms with E-state index >= 15 is 0 Å². The molecule has 0 spiro atoms. The minimum Gasteiger partial charge on any atom is -0.306 e. The first-order valence-electron chi connectivity index (χ1n) is 5.56. The highest BCUT2D eigenvalue weighted by Gasteiger charge is 1.97. The molecule has 2 nitrogen and oxygen atoms in total. The smallest absolute Gasteiger partial charge is 0.146 e. The van der Waals surface area contributed by atoms with Crippen molar-refractivity contribution in [1.29, 1.82) is 0 Å². The Labute approximate surface area is 91.7 Å². The van der Waals surface area contributed by atoms with E-state index in [1.54, 1.807) is 0 Å². The van der Waals surface area contributed by atoms with Crippen molar-refractivity contribution >= 4 is 5.78 Å². The van der Waals surface area contributed by atoms with Crippen LogP contribution in [0.1, 0.15) is 31.4 Å². The van der Waals surface area contributed by atoms with E-state index in [0.717, 1.165) is 13.0 Å². The van der Waals surface area contributed by atoms with Crippen molar-refractivity contribution in [3.8, 4) is 0 Å². The Hall–Kier alpha value is -1.15. The van der Waals surface area contributed by atoms with E-state index in [1.165, 1.54) is 11.1 Å². The Morgan fingerprint density at radius 2 is 1.73 bits per heavy atom. The summed E-state index contributed by atoms with van der Waals surface area (Å²) in [6, 6.07) is 8.50. The Morgan fingerprint density at radius 1 is 1.13 bits per heavy atom. The van der Waals surface area contributed by atoms with E-state index in [-0.39, 0.29) is 5.78 Å². The van der Waals surface area contributed by atoms with Gasteiger partial charge in [-0.25, -0.2) is 0 Å². The molecule has 0 aliphatic carbocycles. The number of ketones is 1. The van der Waals surface area contributed by atoms with Crippen molar-refractivity contribution in [2.75, 3.05) is 6.54 Å². The van der Waals surface area contributed by atoms with E-state index in [4.69, 9.17) is 0 Å². The largest absolute Gasteiger partial charge is 0.306 e. The molecule has 2 heteroatoms. The summed E-state index contributed by atoms with van der Waals surface area (Å²) in [6.45, 7) is 5.29. The van der Waals surface area contributed by atoms with Gasteiger partial charge in [-0.1, -0.05) is 38.1 Å². The Bertz CT molecular complexity index is 303. The topological polar surface area (TPSA) is 29.1 Å². The fraction of sp³-hybridized carbons (Fsp3) is 0.462. The maximum absolute atomic E-state index is 11.0. The number of nitrogens with one attached hydrogen (secondary N) is 1. The number of aryl methyl sites for hydroxylation is 1. The molecule has 0 heterocycles. The van der Waals surface area contributed by atoms with Gasteiger partial charge in [0.05, 0.1) is 6.54 Å². The van der Waals surface area contributed by atoms with Crippen LogP contribution in [-0.2, 0) is 17.8 Å². The molecule has 0 atom stereocenters. The van der Waals surface area contributed by atoms with Crippen LogP contribution in [0.25, 0.3) is 0 Å². The molecular formula is C13H19NO. The maximum Gasteiger partial charge on any atom is 0.146 e. The van der Waals surface area contributed by atoms with Gasteiger partial charge in [0, 0.05) is 13.0 Å². The SMILES string of the molecule is CCC(=O)CNCc1ccc(CC)cc1. The minimum absolute atomic E-state index is 0.264. The van der Waals surface area contributed by atoms with Crippen molar-refractivity contribution in [2.24, 2.45) is 0 Å². The van der Waals surface area contributed by atoms with Gasteiger partial charge in [-0.05, 0) is 17.5 Å². The summed E-state index contributed by atoms with van der Waals surface area (Å²) in [5.41, 5.74) is 2.58. The van der Waals surface area contributed by atoms with E-state index in [0.29, 0.717) is 13.0 Å². The molecule has 0 saturated heterocycles. The molecule has 0 bridgehead atoms. The van der Waals surface area contributed by atoms with Crippen LogP contribution in [0.3, 0.4) is 0 Å². The van der Waals surface area contributed by atoms with E-state index in [9.17, 15) is 4.79 Å². The lowest BCUT2D eigenvalue weighted by atomic mass is 10.1. The van der Waals surface area contributed by atoms with Crippen LogP contribution in [0.15, 0.2) is 24.3 Å². The lowest BCUT2D eigenvalue weighted by molar-refractivity contribution is -0.117. The molecule has 0 amide bonds. The van der Waals surface area contributed by atoms with Crippen LogP contribution < -0.4 is 5.32 Å². The first-order valence-corrected chi connectivity index (χ1v) is 5.56. The highest BCUT2D eigenvalue weighted by Crippen LogP contribution is 2.04. The van der Waals surface area contributed by atoms with Crippen molar-refractivity contribution in [3.05, 3.63) is 35.4 Å². The van der Waals surface area contributed by atoms with Gasteiger partial charge < -0.3 is 5.32 Å². The third-order valence-corrected chi connectivity index (χ3v) is 2.48. The van der Waals surface area contributed by atoms with Crippen LogP contribution >= 0.6 is 0 Å². The number of hydrogen-bond donors (Lipinski definition) is 1. The third-order valence-electron chi connectivity index (χ3n) is 2.48. The number of Topliss-reactive ketones (excluding diaryl/α,β-unsaturated/α-hetero) is 1. The summed E-state index contributed by atoms with van der Waals surface area (Å²) in [5.74, 6) is 0.264. The molecule has 1 N–H and O–H groups in total. The first kappa shape index (κ1) is 11.9. The van der Waals surface area contributed by atoms with Crippen LogP contribution in [0, 0.1) is 0 Å². The van der Waals surface area contributed by atoms with Crippen molar-refractivity contribution < 1.29 is 4.79 Å². The zero-order valence-corrected chi connectivity index (χ0v) is 9.55. The van der Waals surface area contributed by atoms with E-state index in [2.05, 4.69) is 36.5 Å².